The topological polar surface area (TPSA) is 37.3 Å². The van der Waals surface area contributed by atoms with Gasteiger partial charge >= 0.3 is 0 Å². The number of aryl methyl sites for hydroxylation is 1. The first-order valence-corrected chi connectivity index (χ1v) is 8.11. The lowest BCUT2D eigenvalue weighted by Gasteiger charge is -2.00. The average Bonchev–Trinajstić information content (AvgIpc) is 2.91. The van der Waals surface area contributed by atoms with Crippen molar-refractivity contribution in [1.29, 1.82) is 0 Å². The number of hydrogen-bond donors (Lipinski definition) is 1. The van der Waals surface area contributed by atoms with E-state index in [4.69, 9.17) is 0 Å². The molecule has 0 aromatic heterocycles. The number of fused-ring (bicyclic) bond motifs is 1. The van der Waals surface area contributed by atoms with E-state index in [0.29, 0.717) is 4.90 Å². The highest BCUT2D eigenvalue weighted by Crippen LogP contribution is 2.54. The lowest BCUT2D eigenvalue weighted by molar-refractivity contribution is 0.559. The first kappa shape index (κ1) is 11.4. The molecule has 1 aromatic carbocycles. The van der Waals surface area contributed by atoms with E-state index in [0.717, 1.165) is 17.7 Å². The van der Waals surface area contributed by atoms with Crippen LogP contribution in [0.5, 0.6) is 0 Å². The van der Waals surface area contributed by atoms with Gasteiger partial charge in [0.1, 0.15) is 0 Å². The van der Waals surface area contributed by atoms with Gasteiger partial charge in [-0.25, -0.2) is 4.21 Å². The third kappa shape index (κ3) is 2.36. The zero-order chi connectivity index (χ0) is 11.1. The molecule has 15 heavy (non-hydrogen) atoms. The Morgan fingerprint density at radius 2 is 2.20 bits per heavy atom. The molecule has 0 amide bonds. The van der Waals surface area contributed by atoms with Crippen LogP contribution in [0.4, 0.5) is 0 Å². The van der Waals surface area contributed by atoms with Gasteiger partial charge in [0.25, 0.3) is 0 Å². The molecule has 2 rings (SSSR count). The SMILES string of the molecule is CCCCc1ccc(S(=O)(O)=S)c2c1S2. The Kier molecular flexibility index (Phi) is 3.07. The number of unbranched alkanes of at least 4 members (excludes halogenated alkanes) is 1. The summed E-state index contributed by atoms with van der Waals surface area (Å²) in [6.07, 6.45) is 3.38. The molecule has 0 bridgehead atoms. The highest BCUT2D eigenvalue weighted by Gasteiger charge is 2.29. The number of hydrogen-bond acceptors (Lipinski definition) is 3. The molecular weight excluding hydrogens is 248 g/mol. The van der Waals surface area contributed by atoms with E-state index in [1.807, 2.05) is 6.07 Å². The van der Waals surface area contributed by atoms with Crippen LogP contribution in [0.3, 0.4) is 0 Å². The Hall–Kier alpha value is -0.100. The molecule has 1 heterocycles. The van der Waals surface area contributed by atoms with E-state index in [1.54, 1.807) is 17.8 Å². The Labute approximate surface area is 99.0 Å². The van der Waals surface area contributed by atoms with E-state index >= 15 is 0 Å². The van der Waals surface area contributed by atoms with Gasteiger partial charge in [-0.15, -0.1) is 0 Å². The highest BCUT2D eigenvalue weighted by atomic mass is 32.8. The van der Waals surface area contributed by atoms with Crippen molar-refractivity contribution in [3.05, 3.63) is 17.7 Å². The molecule has 0 saturated carbocycles. The van der Waals surface area contributed by atoms with Gasteiger partial charge in [-0.05, 0) is 24.5 Å². The van der Waals surface area contributed by atoms with Crippen molar-refractivity contribution in [1.82, 2.24) is 0 Å². The summed E-state index contributed by atoms with van der Waals surface area (Å²) in [5.41, 5.74) is 1.29. The molecule has 0 spiro atoms. The Bertz CT molecular complexity index is 492. The van der Waals surface area contributed by atoms with Crippen molar-refractivity contribution in [3.63, 3.8) is 0 Å². The molecule has 1 N–H and O–H groups in total. The summed E-state index contributed by atoms with van der Waals surface area (Å²) in [7, 11) is -3.21. The smallest absolute Gasteiger partial charge is 0.172 e. The molecular formula is C10H12O2S3. The van der Waals surface area contributed by atoms with Crippen molar-refractivity contribution in [3.8, 4) is 0 Å². The molecule has 1 aromatic rings. The van der Waals surface area contributed by atoms with Gasteiger partial charge in [0.15, 0.2) is 8.77 Å². The first-order valence-electron chi connectivity index (χ1n) is 4.85. The highest BCUT2D eigenvalue weighted by molar-refractivity contribution is 8.30. The summed E-state index contributed by atoms with van der Waals surface area (Å²) in [6.45, 7) is 2.16. The number of rotatable bonds is 4. The van der Waals surface area contributed by atoms with Gasteiger partial charge in [0.05, 0.1) is 4.90 Å². The van der Waals surface area contributed by atoms with Crippen molar-refractivity contribution in [2.45, 2.75) is 40.9 Å². The second-order valence-corrected chi connectivity index (χ2v) is 7.33. The van der Waals surface area contributed by atoms with E-state index < -0.39 is 8.77 Å². The zero-order valence-corrected chi connectivity index (χ0v) is 10.8. The molecule has 1 aliphatic rings. The normalized spacial score (nSPS) is 16.9. The maximum atomic E-state index is 11.3. The summed E-state index contributed by atoms with van der Waals surface area (Å²) in [5, 5.41) is 0. The van der Waals surface area contributed by atoms with Crippen LogP contribution in [0.1, 0.15) is 25.3 Å². The molecule has 2 nitrogen and oxygen atoms in total. The summed E-state index contributed by atoms with van der Waals surface area (Å²) in [4.78, 5) is 2.54. The lowest BCUT2D eigenvalue weighted by Crippen LogP contribution is -1.96. The summed E-state index contributed by atoms with van der Waals surface area (Å²) in [5.74, 6) is 0. The van der Waals surface area contributed by atoms with Crippen LogP contribution in [0.2, 0.25) is 0 Å². The summed E-state index contributed by atoms with van der Waals surface area (Å²) >= 11 is 6.16. The summed E-state index contributed by atoms with van der Waals surface area (Å²) in [6, 6.07) is 3.64. The van der Waals surface area contributed by atoms with E-state index in [-0.39, 0.29) is 0 Å². The zero-order valence-electron chi connectivity index (χ0n) is 8.36. The maximum absolute atomic E-state index is 11.3. The summed E-state index contributed by atoms with van der Waals surface area (Å²) < 4.78 is 20.6. The van der Waals surface area contributed by atoms with Gasteiger partial charge in [-0.1, -0.05) is 31.2 Å². The van der Waals surface area contributed by atoms with Crippen molar-refractivity contribution in [2.24, 2.45) is 0 Å². The quantitative estimate of drug-likeness (QED) is 0.857. The van der Waals surface area contributed by atoms with Gasteiger partial charge in [-0.3, -0.25) is 0 Å². The van der Waals surface area contributed by atoms with Crippen molar-refractivity contribution >= 4 is 31.7 Å². The fourth-order valence-corrected chi connectivity index (χ4v) is 4.09. The van der Waals surface area contributed by atoms with Gasteiger partial charge < -0.3 is 4.55 Å². The van der Waals surface area contributed by atoms with Gasteiger partial charge in [0, 0.05) is 21.0 Å². The second kappa shape index (κ2) is 4.05. The Balaban J connectivity index is 2.30. The van der Waals surface area contributed by atoms with Crippen LogP contribution in [0, 0.1) is 0 Å². The van der Waals surface area contributed by atoms with Crippen LogP contribution in [0.15, 0.2) is 26.8 Å². The molecule has 5 heteroatoms. The van der Waals surface area contributed by atoms with E-state index in [9.17, 15) is 8.76 Å². The van der Waals surface area contributed by atoms with Crippen LogP contribution in [0.25, 0.3) is 0 Å². The van der Waals surface area contributed by atoms with Crippen LogP contribution in [-0.4, -0.2) is 8.76 Å². The third-order valence-electron chi connectivity index (χ3n) is 2.40. The van der Waals surface area contributed by atoms with E-state index in [1.165, 1.54) is 16.9 Å². The van der Waals surface area contributed by atoms with Crippen LogP contribution < -0.4 is 0 Å². The minimum Gasteiger partial charge on any atom is -0.302 e. The largest absolute Gasteiger partial charge is 0.302 e. The van der Waals surface area contributed by atoms with Gasteiger partial charge in [-0.2, -0.15) is 0 Å². The average molecular weight is 260 g/mol. The standard InChI is InChI=1S/C10H12O2S3/c1-2-3-4-7-5-6-8(15(11,12)13)10-9(7)14-10/h5-6H,2-4H2,1H3,(H,11,12,13). The van der Waals surface area contributed by atoms with Crippen LogP contribution >= 0.6 is 11.8 Å². The van der Waals surface area contributed by atoms with Gasteiger partial charge in [0.2, 0.25) is 0 Å². The molecule has 1 unspecified atom stereocenters. The minimum absolute atomic E-state index is 0.428. The predicted molar refractivity (Wildman–Crippen MR) is 65.6 cm³/mol. The lowest BCUT2D eigenvalue weighted by atomic mass is 10.1. The van der Waals surface area contributed by atoms with Crippen molar-refractivity contribution < 1.29 is 8.76 Å². The second-order valence-electron chi connectivity index (χ2n) is 3.56. The van der Waals surface area contributed by atoms with E-state index in [2.05, 4.69) is 18.1 Å². The van der Waals surface area contributed by atoms with Crippen LogP contribution in [-0.2, 0) is 26.4 Å². The molecule has 82 valence electrons. The predicted octanol–water partition coefficient (Wildman–Crippen LogP) is 3.07. The monoisotopic (exact) mass is 260 g/mol. The maximum Gasteiger partial charge on any atom is 0.172 e. The molecule has 0 saturated heterocycles. The first-order chi connectivity index (χ1) is 7.04. The third-order valence-corrected chi connectivity index (χ3v) is 5.06. The number of benzene rings is 1. The Morgan fingerprint density at radius 1 is 1.47 bits per heavy atom. The molecule has 0 fully saturated rings. The Morgan fingerprint density at radius 3 is 2.80 bits per heavy atom. The fraction of sp³-hybridized carbons (Fsp3) is 0.400. The fourth-order valence-electron chi connectivity index (χ4n) is 1.54. The molecule has 1 aliphatic heterocycles. The van der Waals surface area contributed by atoms with Crippen molar-refractivity contribution in [2.75, 3.05) is 0 Å². The minimum atomic E-state index is -3.21. The molecule has 1 atom stereocenters. The molecule has 0 aliphatic carbocycles. The molecule has 0 radical (unpaired) electrons.